The molecule has 2 aromatic rings. The molecule has 0 unspecified atom stereocenters. The third-order valence-corrected chi connectivity index (χ3v) is 3.43. The Kier molecular flexibility index (Phi) is 4.76. The molecule has 0 radical (unpaired) electrons. The average Bonchev–Trinajstić information content (AvgIpc) is 2.79. The lowest BCUT2D eigenvalue weighted by Crippen LogP contribution is -2.17. The Hall–Kier alpha value is -0.650. The van der Waals surface area contributed by atoms with Crippen molar-refractivity contribution in [2.24, 2.45) is 0 Å². The van der Waals surface area contributed by atoms with Crippen LogP contribution in [0.5, 0.6) is 0 Å². The number of aromatic nitrogens is 1. The quantitative estimate of drug-likeness (QED) is 0.830. The van der Waals surface area contributed by atoms with Gasteiger partial charge in [-0.05, 0) is 50.1 Å². The fourth-order valence-corrected chi connectivity index (χ4v) is 2.57. The number of halogens is 2. The van der Waals surface area contributed by atoms with Crippen LogP contribution in [0, 0.1) is 0 Å². The van der Waals surface area contributed by atoms with E-state index < -0.39 is 0 Å². The molecule has 0 aliphatic heterocycles. The lowest BCUT2D eigenvalue weighted by molar-refractivity contribution is 0.498. The van der Waals surface area contributed by atoms with Crippen molar-refractivity contribution >= 4 is 31.9 Å². The van der Waals surface area contributed by atoms with Gasteiger partial charge in [0.05, 0.1) is 12.0 Å². The van der Waals surface area contributed by atoms with Gasteiger partial charge < -0.3 is 9.73 Å². The van der Waals surface area contributed by atoms with Crippen LogP contribution in [0.2, 0.25) is 0 Å². The molecule has 0 bridgehead atoms. The second-order valence-corrected chi connectivity index (χ2v) is 5.36. The van der Waals surface area contributed by atoms with Gasteiger partial charge in [-0.3, -0.25) is 4.98 Å². The van der Waals surface area contributed by atoms with Crippen LogP contribution in [0.1, 0.15) is 11.5 Å². The van der Waals surface area contributed by atoms with E-state index in [0.717, 1.165) is 39.9 Å². The van der Waals surface area contributed by atoms with Crippen LogP contribution in [0.4, 0.5) is 0 Å². The maximum absolute atomic E-state index is 5.25. The standard InChI is InChI=1S/C12H12Br2N2O/c13-9-6-11(14)12(16-7-9)8-15-4-3-10-2-1-5-17-10/h1-2,5-7,15H,3-4,8H2. The fraction of sp³-hybridized carbons (Fsp3) is 0.250. The minimum atomic E-state index is 0.745. The van der Waals surface area contributed by atoms with Crippen LogP contribution in [0.15, 0.2) is 44.0 Å². The van der Waals surface area contributed by atoms with Crippen molar-refractivity contribution in [2.75, 3.05) is 6.54 Å². The predicted molar refractivity (Wildman–Crippen MR) is 73.8 cm³/mol. The Morgan fingerprint density at radius 1 is 1.35 bits per heavy atom. The van der Waals surface area contributed by atoms with Crippen molar-refractivity contribution in [3.05, 3.63) is 51.1 Å². The summed E-state index contributed by atoms with van der Waals surface area (Å²) in [5, 5.41) is 3.33. The van der Waals surface area contributed by atoms with Crippen molar-refractivity contribution in [2.45, 2.75) is 13.0 Å². The van der Waals surface area contributed by atoms with Gasteiger partial charge in [0.2, 0.25) is 0 Å². The highest BCUT2D eigenvalue weighted by molar-refractivity contribution is 9.11. The fourth-order valence-electron chi connectivity index (χ4n) is 1.45. The van der Waals surface area contributed by atoms with E-state index in [1.165, 1.54) is 0 Å². The van der Waals surface area contributed by atoms with Gasteiger partial charge >= 0.3 is 0 Å². The number of pyridine rings is 1. The van der Waals surface area contributed by atoms with Gasteiger partial charge in [0, 0.05) is 34.7 Å². The summed E-state index contributed by atoms with van der Waals surface area (Å²) in [6.45, 7) is 1.62. The van der Waals surface area contributed by atoms with Gasteiger partial charge in [-0.25, -0.2) is 0 Å². The number of furan rings is 1. The summed E-state index contributed by atoms with van der Waals surface area (Å²) in [5.74, 6) is 1.00. The second kappa shape index (κ2) is 6.33. The van der Waals surface area contributed by atoms with E-state index in [2.05, 4.69) is 42.2 Å². The Morgan fingerprint density at radius 3 is 2.94 bits per heavy atom. The molecule has 0 saturated heterocycles. The molecule has 0 aromatic carbocycles. The lowest BCUT2D eigenvalue weighted by Gasteiger charge is -2.05. The van der Waals surface area contributed by atoms with E-state index in [1.807, 2.05) is 18.2 Å². The molecule has 2 heterocycles. The summed E-state index contributed by atoms with van der Waals surface area (Å²) >= 11 is 6.87. The van der Waals surface area contributed by atoms with Gasteiger partial charge in [-0.2, -0.15) is 0 Å². The number of nitrogens with zero attached hydrogens (tertiary/aromatic N) is 1. The van der Waals surface area contributed by atoms with Gasteiger partial charge in [0.25, 0.3) is 0 Å². The normalized spacial score (nSPS) is 10.7. The number of rotatable bonds is 5. The summed E-state index contributed by atoms with van der Waals surface area (Å²) in [7, 11) is 0. The van der Waals surface area contributed by atoms with Crippen LogP contribution in [-0.2, 0) is 13.0 Å². The van der Waals surface area contributed by atoms with Crippen molar-refractivity contribution in [1.82, 2.24) is 10.3 Å². The smallest absolute Gasteiger partial charge is 0.105 e. The number of hydrogen-bond acceptors (Lipinski definition) is 3. The van der Waals surface area contributed by atoms with Gasteiger partial charge in [0.1, 0.15) is 5.76 Å². The molecule has 17 heavy (non-hydrogen) atoms. The molecule has 3 nitrogen and oxygen atoms in total. The molecular weight excluding hydrogens is 348 g/mol. The second-order valence-electron chi connectivity index (χ2n) is 3.59. The molecule has 2 rings (SSSR count). The van der Waals surface area contributed by atoms with Gasteiger partial charge in [-0.1, -0.05) is 0 Å². The molecule has 0 aliphatic carbocycles. The zero-order valence-corrected chi connectivity index (χ0v) is 12.3. The first-order valence-electron chi connectivity index (χ1n) is 5.29. The predicted octanol–water partition coefficient (Wildman–Crippen LogP) is 3.53. The molecule has 90 valence electrons. The average molecular weight is 360 g/mol. The van der Waals surface area contributed by atoms with Crippen LogP contribution in [0.25, 0.3) is 0 Å². The van der Waals surface area contributed by atoms with Crippen molar-refractivity contribution in [3.63, 3.8) is 0 Å². The van der Waals surface area contributed by atoms with E-state index in [4.69, 9.17) is 4.42 Å². The summed E-state index contributed by atoms with van der Waals surface area (Å²) in [6.07, 6.45) is 4.39. The molecule has 1 N–H and O–H groups in total. The number of hydrogen-bond donors (Lipinski definition) is 1. The summed E-state index contributed by atoms with van der Waals surface area (Å²) in [6, 6.07) is 5.88. The molecule has 0 saturated carbocycles. The van der Waals surface area contributed by atoms with E-state index in [1.54, 1.807) is 12.5 Å². The highest BCUT2D eigenvalue weighted by Crippen LogP contribution is 2.19. The first-order chi connectivity index (χ1) is 8.25. The van der Waals surface area contributed by atoms with Gasteiger partial charge in [-0.15, -0.1) is 0 Å². The van der Waals surface area contributed by atoms with Crippen molar-refractivity contribution < 1.29 is 4.42 Å². The minimum absolute atomic E-state index is 0.745. The highest BCUT2D eigenvalue weighted by atomic mass is 79.9. The van der Waals surface area contributed by atoms with Crippen molar-refractivity contribution in [1.29, 1.82) is 0 Å². The zero-order chi connectivity index (χ0) is 12.1. The Morgan fingerprint density at radius 2 is 2.24 bits per heavy atom. The topological polar surface area (TPSA) is 38.1 Å². The first kappa shape index (κ1) is 12.8. The molecule has 0 fully saturated rings. The SMILES string of the molecule is Brc1cnc(CNCCc2ccco2)c(Br)c1. The lowest BCUT2D eigenvalue weighted by atomic mass is 10.3. The van der Waals surface area contributed by atoms with Crippen LogP contribution in [-0.4, -0.2) is 11.5 Å². The zero-order valence-electron chi connectivity index (χ0n) is 9.12. The van der Waals surface area contributed by atoms with Gasteiger partial charge in [0.15, 0.2) is 0 Å². The van der Waals surface area contributed by atoms with E-state index in [0.29, 0.717) is 0 Å². The maximum Gasteiger partial charge on any atom is 0.105 e. The molecule has 5 heteroatoms. The molecule has 2 aromatic heterocycles. The van der Waals surface area contributed by atoms with Crippen LogP contribution in [0.3, 0.4) is 0 Å². The highest BCUT2D eigenvalue weighted by Gasteiger charge is 2.02. The molecule has 0 amide bonds. The monoisotopic (exact) mass is 358 g/mol. The van der Waals surface area contributed by atoms with Crippen LogP contribution < -0.4 is 5.32 Å². The van der Waals surface area contributed by atoms with E-state index in [-0.39, 0.29) is 0 Å². The molecule has 0 aliphatic rings. The third kappa shape index (κ3) is 3.94. The van der Waals surface area contributed by atoms with E-state index >= 15 is 0 Å². The molecule has 0 atom stereocenters. The first-order valence-corrected chi connectivity index (χ1v) is 6.87. The van der Waals surface area contributed by atoms with E-state index in [9.17, 15) is 0 Å². The third-order valence-electron chi connectivity index (χ3n) is 2.30. The number of nitrogens with one attached hydrogen (secondary N) is 1. The molecular formula is C12H12Br2N2O. The van der Waals surface area contributed by atoms with Crippen LogP contribution >= 0.6 is 31.9 Å². The summed E-state index contributed by atoms with van der Waals surface area (Å²) in [4.78, 5) is 4.33. The minimum Gasteiger partial charge on any atom is -0.469 e. The largest absolute Gasteiger partial charge is 0.469 e. The Bertz CT molecular complexity index is 471. The van der Waals surface area contributed by atoms with Crippen molar-refractivity contribution in [3.8, 4) is 0 Å². The Labute approximate surface area is 117 Å². The summed E-state index contributed by atoms with van der Waals surface area (Å²) < 4.78 is 7.24. The Balaban J connectivity index is 1.78. The summed E-state index contributed by atoms with van der Waals surface area (Å²) in [5.41, 5.74) is 1.01. The molecule has 0 spiro atoms. The maximum atomic E-state index is 5.25.